The molecule has 1 rings (SSSR count). The fourth-order valence-corrected chi connectivity index (χ4v) is 0.964. The van der Waals surface area contributed by atoms with E-state index in [4.69, 9.17) is 9.47 Å². The minimum atomic E-state index is 0.663. The van der Waals surface area contributed by atoms with Crippen molar-refractivity contribution in [1.29, 1.82) is 0 Å². The van der Waals surface area contributed by atoms with Gasteiger partial charge in [-0.2, -0.15) is 0 Å². The van der Waals surface area contributed by atoms with Gasteiger partial charge in [0.2, 0.25) is 5.88 Å². The summed E-state index contributed by atoms with van der Waals surface area (Å²) in [6.07, 6.45) is 3.70. The van der Waals surface area contributed by atoms with Gasteiger partial charge in [-0.3, -0.25) is 0 Å². The zero-order valence-corrected chi connectivity index (χ0v) is 8.82. The molecular weight excluding hydrogens is 178 g/mol. The van der Waals surface area contributed by atoms with Crippen LogP contribution in [0, 0.1) is 0 Å². The lowest BCUT2D eigenvalue weighted by molar-refractivity contribution is 0.297. The van der Waals surface area contributed by atoms with Crippen molar-refractivity contribution in [2.24, 2.45) is 0 Å². The fourth-order valence-electron chi connectivity index (χ4n) is 0.964. The van der Waals surface area contributed by atoms with Crippen molar-refractivity contribution in [3.63, 3.8) is 0 Å². The molecule has 0 saturated carbocycles. The van der Waals surface area contributed by atoms with Crippen molar-refractivity contribution in [2.45, 2.75) is 26.7 Å². The molecule has 0 aliphatic heterocycles. The summed E-state index contributed by atoms with van der Waals surface area (Å²) in [5.41, 5.74) is 0. The van der Waals surface area contributed by atoms with Crippen molar-refractivity contribution in [2.75, 3.05) is 13.2 Å². The number of nitrogens with zero attached hydrogens (tertiary/aromatic N) is 1. The summed E-state index contributed by atoms with van der Waals surface area (Å²) < 4.78 is 10.7. The molecule has 0 unspecified atom stereocenters. The van der Waals surface area contributed by atoms with Crippen LogP contribution in [-0.2, 0) is 0 Å². The van der Waals surface area contributed by atoms with Crippen LogP contribution in [0.15, 0.2) is 18.3 Å². The first-order valence-corrected chi connectivity index (χ1v) is 5.08. The Kier molecular flexibility index (Phi) is 4.83. The van der Waals surface area contributed by atoms with Gasteiger partial charge in [-0.25, -0.2) is 4.98 Å². The van der Waals surface area contributed by atoms with Gasteiger partial charge in [0.15, 0.2) is 0 Å². The van der Waals surface area contributed by atoms with E-state index >= 15 is 0 Å². The largest absolute Gasteiger partial charge is 0.492 e. The molecule has 1 aromatic rings. The molecule has 0 saturated heterocycles. The summed E-state index contributed by atoms with van der Waals surface area (Å²) in [5, 5.41) is 0. The van der Waals surface area contributed by atoms with Gasteiger partial charge in [0.05, 0.1) is 19.4 Å². The SMILES string of the molecule is CCCOc1ccc(OCCC)nc1. The van der Waals surface area contributed by atoms with E-state index in [0.717, 1.165) is 25.2 Å². The third-order valence-corrected chi connectivity index (χ3v) is 1.64. The Morgan fingerprint density at radius 3 is 2.36 bits per heavy atom. The summed E-state index contributed by atoms with van der Waals surface area (Å²) in [6.45, 7) is 5.59. The zero-order chi connectivity index (χ0) is 10.2. The van der Waals surface area contributed by atoms with E-state index in [1.807, 2.05) is 12.1 Å². The highest BCUT2D eigenvalue weighted by atomic mass is 16.5. The van der Waals surface area contributed by atoms with Crippen molar-refractivity contribution < 1.29 is 9.47 Å². The van der Waals surface area contributed by atoms with Crippen LogP contribution in [-0.4, -0.2) is 18.2 Å². The number of rotatable bonds is 6. The molecule has 0 bridgehead atoms. The molecule has 0 aliphatic carbocycles. The van der Waals surface area contributed by atoms with E-state index in [0.29, 0.717) is 12.5 Å². The summed E-state index contributed by atoms with van der Waals surface area (Å²) >= 11 is 0. The van der Waals surface area contributed by atoms with Crippen LogP contribution in [0.2, 0.25) is 0 Å². The monoisotopic (exact) mass is 195 g/mol. The van der Waals surface area contributed by atoms with Gasteiger partial charge >= 0.3 is 0 Å². The fraction of sp³-hybridized carbons (Fsp3) is 0.545. The Morgan fingerprint density at radius 2 is 1.79 bits per heavy atom. The second-order valence-electron chi connectivity index (χ2n) is 3.03. The van der Waals surface area contributed by atoms with Gasteiger partial charge in [-0.15, -0.1) is 0 Å². The Bertz CT molecular complexity index is 219. The van der Waals surface area contributed by atoms with Crippen LogP contribution in [0.1, 0.15) is 26.7 Å². The third-order valence-electron chi connectivity index (χ3n) is 1.64. The van der Waals surface area contributed by atoms with Gasteiger partial charge in [-0.1, -0.05) is 13.8 Å². The highest BCUT2D eigenvalue weighted by Crippen LogP contribution is 2.13. The number of hydrogen-bond donors (Lipinski definition) is 0. The molecule has 3 heteroatoms. The first-order chi connectivity index (χ1) is 6.86. The quantitative estimate of drug-likeness (QED) is 0.699. The molecule has 14 heavy (non-hydrogen) atoms. The Morgan fingerprint density at radius 1 is 1.07 bits per heavy atom. The van der Waals surface area contributed by atoms with Gasteiger partial charge in [0, 0.05) is 6.07 Å². The minimum absolute atomic E-state index is 0.663. The third kappa shape index (κ3) is 3.64. The highest BCUT2D eigenvalue weighted by Gasteiger charge is 1.96. The van der Waals surface area contributed by atoms with Gasteiger partial charge < -0.3 is 9.47 Å². The summed E-state index contributed by atoms with van der Waals surface area (Å²) in [7, 11) is 0. The maximum Gasteiger partial charge on any atom is 0.213 e. The van der Waals surface area contributed by atoms with Crippen molar-refractivity contribution in [3.05, 3.63) is 18.3 Å². The molecular formula is C11H17NO2. The molecule has 0 fully saturated rings. The molecule has 1 heterocycles. The molecule has 0 aliphatic rings. The molecule has 0 radical (unpaired) electrons. The topological polar surface area (TPSA) is 31.4 Å². The predicted octanol–water partition coefficient (Wildman–Crippen LogP) is 2.66. The van der Waals surface area contributed by atoms with Crippen LogP contribution in [0.3, 0.4) is 0 Å². The molecule has 0 spiro atoms. The van der Waals surface area contributed by atoms with E-state index in [9.17, 15) is 0 Å². The number of aromatic nitrogens is 1. The maximum atomic E-state index is 5.40. The first kappa shape index (κ1) is 10.8. The van der Waals surface area contributed by atoms with Crippen LogP contribution < -0.4 is 9.47 Å². The average Bonchev–Trinajstić information content (AvgIpc) is 2.25. The molecule has 0 N–H and O–H groups in total. The normalized spacial score (nSPS) is 9.86. The van der Waals surface area contributed by atoms with Crippen LogP contribution in [0.5, 0.6) is 11.6 Å². The molecule has 0 amide bonds. The number of hydrogen-bond acceptors (Lipinski definition) is 3. The maximum absolute atomic E-state index is 5.40. The summed E-state index contributed by atoms with van der Waals surface area (Å²) in [5.74, 6) is 1.46. The lowest BCUT2D eigenvalue weighted by Crippen LogP contribution is -1.98. The first-order valence-electron chi connectivity index (χ1n) is 5.08. The van der Waals surface area contributed by atoms with Crippen molar-refractivity contribution >= 4 is 0 Å². The summed E-state index contributed by atoms with van der Waals surface area (Å²) in [4.78, 5) is 4.12. The van der Waals surface area contributed by atoms with Crippen LogP contribution in [0.4, 0.5) is 0 Å². The second-order valence-corrected chi connectivity index (χ2v) is 3.03. The molecule has 78 valence electrons. The van der Waals surface area contributed by atoms with E-state index in [2.05, 4.69) is 18.8 Å². The van der Waals surface area contributed by atoms with Gasteiger partial charge in [0.1, 0.15) is 5.75 Å². The molecule has 0 atom stereocenters. The van der Waals surface area contributed by atoms with Crippen LogP contribution >= 0.6 is 0 Å². The van der Waals surface area contributed by atoms with E-state index < -0.39 is 0 Å². The van der Waals surface area contributed by atoms with E-state index in [-0.39, 0.29) is 0 Å². The highest BCUT2D eigenvalue weighted by molar-refractivity contribution is 5.22. The number of ether oxygens (including phenoxy) is 2. The Hall–Kier alpha value is -1.25. The predicted molar refractivity (Wildman–Crippen MR) is 55.8 cm³/mol. The smallest absolute Gasteiger partial charge is 0.213 e. The summed E-state index contributed by atoms with van der Waals surface area (Å²) in [6, 6.07) is 3.72. The Labute approximate surface area is 85.1 Å². The molecule has 0 aromatic carbocycles. The minimum Gasteiger partial charge on any atom is -0.492 e. The lowest BCUT2D eigenvalue weighted by Gasteiger charge is -2.05. The van der Waals surface area contributed by atoms with Gasteiger partial charge in [0.25, 0.3) is 0 Å². The standard InChI is InChI=1S/C11H17NO2/c1-3-7-13-10-5-6-11(12-9-10)14-8-4-2/h5-6,9H,3-4,7-8H2,1-2H3. The van der Waals surface area contributed by atoms with Gasteiger partial charge in [-0.05, 0) is 18.9 Å². The molecule has 1 aromatic heterocycles. The van der Waals surface area contributed by atoms with E-state index in [1.165, 1.54) is 0 Å². The van der Waals surface area contributed by atoms with Crippen LogP contribution in [0.25, 0.3) is 0 Å². The zero-order valence-electron chi connectivity index (χ0n) is 8.82. The van der Waals surface area contributed by atoms with Crippen molar-refractivity contribution in [1.82, 2.24) is 4.98 Å². The Balaban J connectivity index is 2.42. The van der Waals surface area contributed by atoms with Crippen molar-refractivity contribution in [3.8, 4) is 11.6 Å². The second kappa shape index (κ2) is 6.24. The molecule has 3 nitrogen and oxygen atoms in total. The average molecular weight is 195 g/mol. The van der Waals surface area contributed by atoms with E-state index in [1.54, 1.807) is 6.20 Å². The number of pyridine rings is 1. The lowest BCUT2D eigenvalue weighted by atomic mass is 10.4.